The smallest absolute Gasteiger partial charge is 0.0592 e. The molecule has 0 spiro atoms. The maximum Gasteiger partial charge on any atom is 0.0592 e. The highest BCUT2D eigenvalue weighted by molar-refractivity contribution is 5.14. The molecule has 3 nitrogen and oxygen atoms in total. The van der Waals surface area contributed by atoms with Crippen molar-refractivity contribution < 1.29 is 5.11 Å². The van der Waals surface area contributed by atoms with Gasteiger partial charge in [-0.1, -0.05) is 30.3 Å². The van der Waals surface area contributed by atoms with Gasteiger partial charge in [0.1, 0.15) is 0 Å². The summed E-state index contributed by atoms with van der Waals surface area (Å²) in [5.41, 5.74) is 6.91. The number of piperidine rings is 1. The Bertz CT molecular complexity index is 342. The van der Waals surface area contributed by atoms with E-state index in [1.54, 1.807) is 0 Å². The molecule has 0 saturated carbocycles. The van der Waals surface area contributed by atoms with E-state index in [0.29, 0.717) is 5.92 Å². The summed E-state index contributed by atoms with van der Waals surface area (Å²) >= 11 is 0. The van der Waals surface area contributed by atoms with Crippen molar-refractivity contribution >= 4 is 0 Å². The number of aliphatic hydroxyl groups is 1. The highest BCUT2D eigenvalue weighted by Gasteiger charge is 2.26. The summed E-state index contributed by atoms with van der Waals surface area (Å²) in [5, 5.41) is 10.0. The molecule has 0 radical (unpaired) electrons. The van der Waals surface area contributed by atoms with Gasteiger partial charge in [0.15, 0.2) is 0 Å². The lowest BCUT2D eigenvalue weighted by molar-refractivity contribution is 0.0195. The van der Waals surface area contributed by atoms with Gasteiger partial charge in [-0.05, 0) is 37.3 Å². The monoisotopic (exact) mass is 248 g/mol. The fraction of sp³-hybridized carbons (Fsp3) is 0.600. The molecular formula is C15H24N2O. The minimum absolute atomic E-state index is 0.136. The van der Waals surface area contributed by atoms with Gasteiger partial charge in [-0.15, -0.1) is 0 Å². The lowest BCUT2D eigenvalue weighted by Gasteiger charge is -2.36. The third-order valence-corrected chi connectivity index (χ3v) is 3.81. The van der Waals surface area contributed by atoms with E-state index >= 15 is 0 Å². The van der Waals surface area contributed by atoms with Crippen molar-refractivity contribution in [3.05, 3.63) is 35.9 Å². The molecule has 0 bridgehead atoms. The minimum atomic E-state index is -0.136. The predicted molar refractivity (Wildman–Crippen MR) is 74.1 cm³/mol. The molecule has 0 aliphatic carbocycles. The van der Waals surface area contributed by atoms with Gasteiger partial charge in [-0.2, -0.15) is 0 Å². The quantitative estimate of drug-likeness (QED) is 0.832. The van der Waals surface area contributed by atoms with Crippen molar-refractivity contribution in [1.29, 1.82) is 0 Å². The Morgan fingerprint density at radius 2 is 2.06 bits per heavy atom. The molecule has 0 amide bonds. The average molecular weight is 248 g/mol. The molecule has 1 saturated heterocycles. The van der Waals surface area contributed by atoms with E-state index in [9.17, 15) is 5.11 Å². The van der Waals surface area contributed by atoms with E-state index in [4.69, 9.17) is 5.73 Å². The second-order valence-corrected chi connectivity index (χ2v) is 5.27. The SMILES string of the molecule is NCCCC1CN(Cc2ccccc2)CCC1O. The molecule has 2 rings (SSSR count). The number of likely N-dealkylation sites (tertiary alicyclic amines) is 1. The molecule has 3 heteroatoms. The van der Waals surface area contributed by atoms with Crippen LogP contribution in [0.15, 0.2) is 30.3 Å². The van der Waals surface area contributed by atoms with Gasteiger partial charge < -0.3 is 10.8 Å². The van der Waals surface area contributed by atoms with Gasteiger partial charge in [0, 0.05) is 19.6 Å². The van der Waals surface area contributed by atoms with E-state index in [-0.39, 0.29) is 6.10 Å². The first kappa shape index (κ1) is 13.5. The van der Waals surface area contributed by atoms with Crippen LogP contribution in [0, 0.1) is 5.92 Å². The Balaban J connectivity index is 1.87. The Labute approximate surface area is 110 Å². The van der Waals surface area contributed by atoms with E-state index < -0.39 is 0 Å². The van der Waals surface area contributed by atoms with Crippen LogP contribution < -0.4 is 5.73 Å². The number of benzene rings is 1. The average Bonchev–Trinajstić information content (AvgIpc) is 2.40. The van der Waals surface area contributed by atoms with Crippen LogP contribution in [0.25, 0.3) is 0 Å². The molecule has 1 aliphatic heterocycles. The maximum absolute atomic E-state index is 10.0. The lowest BCUT2D eigenvalue weighted by atomic mass is 9.90. The molecule has 2 unspecified atom stereocenters. The molecule has 1 heterocycles. The summed E-state index contributed by atoms with van der Waals surface area (Å²) in [6.45, 7) is 3.71. The van der Waals surface area contributed by atoms with Gasteiger partial charge in [0.25, 0.3) is 0 Å². The van der Waals surface area contributed by atoms with Crippen LogP contribution in [-0.2, 0) is 6.54 Å². The number of rotatable bonds is 5. The van der Waals surface area contributed by atoms with Crippen molar-refractivity contribution in [2.75, 3.05) is 19.6 Å². The van der Waals surface area contributed by atoms with Gasteiger partial charge in [0.2, 0.25) is 0 Å². The summed E-state index contributed by atoms with van der Waals surface area (Å²) in [7, 11) is 0. The summed E-state index contributed by atoms with van der Waals surface area (Å²) < 4.78 is 0. The first-order valence-corrected chi connectivity index (χ1v) is 6.94. The number of hydrogen-bond donors (Lipinski definition) is 2. The van der Waals surface area contributed by atoms with E-state index in [2.05, 4.69) is 29.2 Å². The number of hydrogen-bond acceptors (Lipinski definition) is 3. The molecule has 1 aromatic rings. The van der Waals surface area contributed by atoms with Crippen LogP contribution in [0.4, 0.5) is 0 Å². The zero-order valence-corrected chi connectivity index (χ0v) is 11.0. The van der Waals surface area contributed by atoms with Crippen molar-refractivity contribution in [1.82, 2.24) is 4.90 Å². The number of aliphatic hydroxyl groups excluding tert-OH is 1. The van der Waals surface area contributed by atoms with E-state index in [1.165, 1.54) is 5.56 Å². The second kappa shape index (κ2) is 6.88. The van der Waals surface area contributed by atoms with Gasteiger partial charge in [0.05, 0.1) is 6.10 Å². The highest BCUT2D eigenvalue weighted by atomic mass is 16.3. The third kappa shape index (κ3) is 3.80. The van der Waals surface area contributed by atoms with Gasteiger partial charge >= 0.3 is 0 Å². The van der Waals surface area contributed by atoms with Gasteiger partial charge in [-0.3, -0.25) is 4.90 Å². The van der Waals surface area contributed by atoms with Crippen molar-refractivity contribution in [2.24, 2.45) is 11.7 Å². The molecule has 100 valence electrons. The Morgan fingerprint density at radius 3 is 2.78 bits per heavy atom. The Morgan fingerprint density at radius 1 is 1.28 bits per heavy atom. The fourth-order valence-corrected chi connectivity index (χ4v) is 2.74. The summed E-state index contributed by atoms with van der Waals surface area (Å²) in [5.74, 6) is 0.394. The molecule has 18 heavy (non-hydrogen) atoms. The predicted octanol–water partition coefficient (Wildman–Crippen LogP) is 1.61. The first-order chi connectivity index (χ1) is 8.79. The van der Waals surface area contributed by atoms with Crippen LogP contribution in [0.2, 0.25) is 0 Å². The summed E-state index contributed by atoms with van der Waals surface area (Å²) in [6, 6.07) is 10.5. The molecule has 0 aromatic heterocycles. The van der Waals surface area contributed by atoms with Crippen LogP contribution in [0.5, 0.6) is 0 Å². The fourth-order valence-electron chi connectivity index (χ4n) is 2.74. The normalized spacial score (nSPS) is 25.2. The summed E-state index contributed by atoms with van der Waals surface area (Å²) in [4.78, 5) is 2.45. The van der Waals surface area contributed by atoms with Crippen LogP contribution >= 0.6 is 0 Å². The third-order valence-electron chi connectivity index (χ3n) is 3.81. The minimum Gasteiger partial charge on any atom is -0.393 e. The topological polar surface area (TPSA) is 49.5 Å². The Hall–Kier alpha value is -0.900. The molecule has 1 aliphatic rings. The standard InChI is InChI=1S/C15H24N2O/c16-9-4-7-14-12-17(10-8-15(14)18)11-13-5-2-1-3-6-13/h1-3,5-6,14-15,18H,4,7-12,16H2. The van der Waals surface area contributed by atoms with Crippen molar-refractivity contribution in [3.63, 3.8) is 0 Å². The van der Waals surface area contributed by atoms with Crippen LogP contribution in [0.1, 0.15) is 24.8 Å². The molecule has 1 fully saturated rings. The van der Waals surface area contributed by atoms with E-state index in [1.807, 2.05) is 6.07 Å². The largest absolute Gasteiger partial charge is 0.393 e. The summed E-state index contributed by atoms with van der Waals surface area (Å²) in [6.07, 6.45) is 2.81. The zero-order chi connectivity index (χ0) is 12.8. The Kier molecular flexibility index (Phi) is 5.17. The number of nitrogens with zero attached hydrogens (tertiary/aromatic N) is 1. The molecular weight excluding hydrogens is 224 g/mol. The lowest BCUT2D eigenvalue weighted by Crippen LogP contribution is -2.42. The van der Waals surface area contributed by atoms with Gasteiger partial charge in [-0.25, -0.2) is 0 Å². The molecule has 2 atom stereocenters. The van der Waals surface area contributed by atoms with Crippen molar-refractivity contribution in [2.45, 2.75) is 31.9 Å². The highest BCUT2D eigenvalue weighted by Crippen LogP contribution is 2.22. The maximum atomic E-state index is 10.0. The van der Waals surface area contributed by atoms with Crippen molar-refractivity contribution in [3.8, 4) is 0 Å². The first-order valence-electron chi connectivity index (χ1n) is 6.94. The second-order valence-electron chi connectivity index (χ2n) is 5.27. The molecule has 3 N–H and O–H groups in total. The van der Waals surface area contributed by atoms with E-state index in [0.717, 1.165) is 45.4 Å². The number of nitrogens with two attached hydrogens (primary N) is 1. The molecule has 1 aromatic carbocycles. The van der Waals surface area contributed by atoms with Crippen LogP contribution in [-0.4, -0.2) is 35.7 Å². The van der Waals surface area contributed by atoms with Crippen LogP contribution in [0.3, 0.4) is 0 Å². The zero-order valence-electron chi connectivity index (χ0n) is 11.0.